The fourth-order valence-corrected chi connectivity index (χ4v) is 3.61. The van der Waals surface area contributed by atoms with Crippen LogP contribution in [0.25, 0.3) is 0 Å². The van der Waals surface area contributed by atoms with Gasteiger partial charge in [0.2, 0.25) is 0 Å². The van der Waals surface area contributed by atoms with Crippen molar-refractivity contribution >= 4 is 6.03 Å². The molecule has 0 saturated heterocycles. The van der Waals surface area contributed by atoms with Crippen LogP contribution in [0.1, 0.15) is 33.8 Å². The van der Waals surface area contributed by atoms with Crippen molar-refractivity contribution in [1.82, 2.24) is 20.2 Å². The zero-order valence-corrected chi connectivity index (χ0v) is 16.4. The molecule has 6 nitrogen and oxygen atoms in total. The number of nitrogens with zero attached hydrogens (tertiary/aromatic N) is 2. The van der Waals surface area contributed by atoms with Gasteiger partial charge in [0.25, 0.3) is 5.56 Å². The van der Waals surface area contributed by atoms with E-state index in [4.69, 9.17) is 0 Å². The zero-order chi connectivity index (χ0) is 20.2. The first kappa shape index (κ1) is 18.9. The summed E-state index contributed by atoms with van der Waals surface area (Å²) < 4.78 is 0. The number of urea groups is 1. The smallest absolute Gasteiger partial charge is 0.317 e. The highest BCUT2D eigenvalue weighted by Gasteiger charge is 2.24. The van der Waals surface area contributed by atoms with Gasteiger partial charge in [-0.25, -0.2) is 9.78 Å². The maximum Gasteiger partial charge on any atom is 0.317 e. The van der Waals surface area contributed by atoms with E-state index < -0.39 is 0 Å². The number of benzene rings is 2. The van der Waals surface area contributed by atoms with Crippen LogP contribution in [0.15, 0.2) is 59.4 Å². The molecule has 148 valence electrons. The number of hydrogen-bond acceptors (Lipinski definition) is 3. The van der Waals surface area contributed by atoms with E-state index in [1.54, 1.807) is 4.90 Å². The van der Waals surface area contributed by atoms with Gasteiger partial charge in [-0.15, -0.1) is 0 Å². The van der Waals surface area contributed by atoms with Gasteiger partial charge in [-0.2, -0.15) is 0 Å². The van der Waals surface area contributed by atoms with E-state index in [-0.39, 0.29) is 18.1 Å². The van der Waals surface area contributed by atoms with Crippen molar-refractivity contribution in [3.63, 3.8) is 0 Å². The summed E-state index contributed by atoms with van der Waals surface area (Å²) in [5.41, 5.74) is 4.59. The van der Waals surface area contributed by atoms with E-state index in [0.29, 0.717) is 37.3 Å². The summed E-state index contributed by atoms with van der Waals surface area (Å²) in [6.07, 6.45) is 1.18. The molecule has 0 fully saturated rings. The fourth-order valence-electron chi connectivity index (χ4n) is 3.61. The second-order valence-corrected chi connectivity index (χ2v) is 7.36. The van der Waals surface area contributed by atoms with Crippen LogP contribution >= 0.6 is 0 Å². The summed E-state index contributed by atoms with van der Waals surface area (Å²) in [7, 11) is 0. The van der Waals surface area contributed by atoms with Crippen LogP contribution in [0.4, 0.5) is 4.79 Å². The van der Waals surface area contributed by atoms with Crippen LogP contribution in [0.5, 0.6) is 0 Å². The van der Waals surface area contributed by atoms with Crippen LogP contribution in [0.3, 0.4) is 0 Å². The third kappa shape index (κ3) is 4.37. The monoisotopic (exact) mass is 388 g/mol. The predicted molar refractivity (Wildman–Crippen MR) is 112 cm³/mol. The molecule has 0 atom stereocenters. The van der Waals surface area contributed by atoms with Crippen molar-refractivity contribution in [2.75, 3.05) is 6.54 Å². The van der Waals surface area contributed by atoms with Crippen molar-refractivity contribution in [1.29, 1.82) is 0 Å². The van der Waals surface area contributed by atoms with E-state index in [1.165, 1.54) is 5.56 Å². The summed E-state index contributed by atoms with van der Waals surface area (Å²) in [6, 6.07) is 17.7. The predicted octanol–water partition coefficient (Wildman–Crippen LogP) is 2.94. The minimum absolute atomic E-state index is 0.154. The van der Waals surface area contributed by atoms with Crippen LogP contribution in [-0.2, 0) is 25.9 Å². The number of aromatic amines is 1. The lowest BCUT2D eigenvalue weighted by Gasteiger charge is -2.28. The van der Waals surface area contributed by atoms with Crippen molar-refractivity contribution < 1.29 is 4.79 Å². The molecule has 2 amide bonds. The lowest BCUT2D eigenvalue weighted by molar-refractivity contribution is 0.191. The van der Waals surface area contributed by atoms with E-state index in [9.17, 15) is 9.59 Å². The SMILES string of the molecule is Cc1ccccc1Cc1nc2c(c(=O)[nH]1)CN(C(=O)NCc1ccccc1)CC2. The second-order valence-electron chi connectivity index (χ2n) is 7.36. The molecule has 0 radical (unpaired) electrons. The van der Waals surface area contributed by atoms with Crippen molar-refractivity contribution in [2.24, 2.45) is 0 Å². The number of aryl methyl sites for hydroxylation is 1. The Morgan fingerprint density at radius 1 is 1.14 bits per heavy atom. The maximum atomic E-state index is 12.7. The quantitative estimate of drug-likeness (QED) is 0.721. The average molecular weight is 388 g/mol. The molecule has 0 saturated carbocycles. The highest BCUT2D eigenvalue weighted by atomic mass is 16.2. The zero-order valence-electron chi connectivity index (χ0n) is 16.4. The fraction of sp³-hybridized carbons (Fsp3) is 0.261. The number of nitrogens with one attached hydrogen (secondary N) is 2. The summed E-state index contributed by atoms with van der Waals surface area (Å²) >= 11 is 0. The first-order valence-corrected chi connectivity index (χ1v) is 9.82. The highest BCUT2D eigenvalue weighted by molar-refractivity contribution is 5.74. The van der Waals surface area contributed by atoms with Crippen LogP contribution in [0, 0.1) is 6.92 Å². The summed E-state index contributed by atoms with van der Waals surface area (Å²) in [4.78, 5) is 34.4. The second kappa shape index (κ2) is 8.31. The molecular formula is C23H24N4O2. The van der Waals surface area contributed by atoms with Gasteiger partial charge in [-0.3, -0.25) is 4.79 Å². The highest BCUT2D eigenvalue weighted by Crippen LogP contribution is 2.16. The minimum atomic E-state index is -0.164. The Morgan fingerprint density at radius 2 is 1.90 bits per heavy atom. The van der Waals surface area contributed by atoms with Crippen LogP contribution in [-0.4, -0.2) is 27.4 Å². The third-order valence-corrected chi connectivity index (χ3v) is 5.31. The molecule has 0 spiro atoms. The molecule has 2 aromatic carbocycles. The molecular weight excluding hydrogens is 364 g/mol. The largest absolute Gasteiger partial charge is 0.334 e. The van der Waals surface area contributed by atoms with E-state index >= 15 is 0 Å². The molecule has 1 aliphatic rings. The molecule has 1 aromatic heterocycles. The van der Waals surface area contributed by atoms with E-state index in [2.05, 4.69) is 28.3 Å². The lowest BCUT2D eigenvalue weighted by atomic mass is 10.0. The molecule has 3 aromatic rings. The van der Waals surface area contributed by atoms with Gasteiger partial charge in [0.05, 0.1) is 17.8 Å². The van der Waals surface area contributed by atoms with Crippen molar-refractivity contribution in [3.8, 4) is 0 Å². The molecule has 2 heterocycles. The number of hydrogen-bond donors (Lipinski definition) is 2. The third-order valence-electron chi connectivity index (χ3n) is 5.31. The molecule has 29 heavy (non-hydrogen) atoms. The molecule has 4 rings (SSSR count). The number of H-pyrrole nitrogens is 1. The Morgan fingerprint density at radius 3 is 2.69 bits per heavy atom. The minimum Gasteiger partial charge on any atom is -0.334 e. The summed E-state index contributed by atoms with van der Waals surface area (Å²) in [6.45, 7) is 3.35. The Balaban J connectivity index is 1.45. The van der Waals surface area contributed by atoms with Gasteiger partial charge in [0, 0.05) is 25.9 Å². The van der Waals surface area contributed by atoms with Gasteiger partial charge in [0.15, 0.2) is 0 Å². The van der Waals surface area contributed by atoms with Crippen LogP contribution < -0.4 is 10.9 Å². The first-order chi connectivity index (χ1) is 14.1. The van der Waals surface area contributed by atoms with Gasteiger partial charge < -0.3 is 15.2 Å². The number of amides is 2. The van der Waals surface area contributed by atoms with Gasteiger partial charge in [-0.1, -0.05) is 54.6 Å². The average Bonchev–Trinajstić information content (AvgIpc) is 2.74. The Labute approximate surface area is 169 Å². The number of rotatable bonds is 4. The number of carbonyl (C=O) groups excluding carboxylic acids is 1. The first-order valence-electron chi connectivity index (χ1n) is 9.82. The Bertz CT molecular complexity index is 1080. The molecule has 0 unspecified atom stereocenters. The maximum absolute atomic E-state index is 12.7. The van der Waals surface area contributed by atoms with Crippen LogP contribution in [0.2, 0.25) is 0 Å². The standard InChI is InChI=1S/C23H24N4O2/c1-16-7-5-6-10-18(16)13-21-25-20-11-12-27(15-19(20)22(28)26-21)23(29)24-14-17-8-3-2-4-9-17/h2-10H,11-15H2,1H3,(H,24,29)(H,25,26,28). The topological polar surface area (TPSA) is 78.1 Å². The summed E-state index contributed by atoms with van der Waals surface area (Å²) in [5.74, 6) is 0.671. The lowest BCUT2D eigenvalue weighted by Crippen LogP contribution is -2.44. The van der Waals surface area contributed by atoms with E-state index in [0.717, 1.165) is 16.8 Å². The molecule has 1 aliphatic heterocycles. The Hall–Kier alpha value is -3.41. The van der Waals surface area contributed by atoms with Gasteiger partial charge >= 0.3 is 6.03 Å². The molecule has 6 heteroatoms. The molecule has 0 aliphatic carbocycles. The van der Waals surface area contributed by atoms with Gasteiger partial charge in [-0.05, 0) is 23.6 Å². The van der Waals surface area contributed by atoms with E-state index in [1.807, 2.05) is 48.5 Å². The number of fused-ring (bicyclic) bond motifs is 1. The van der Waals surface area contributed by atoms with Crippen molar-refractivity contribution in [2.45, 2.75) is 32.9 Å². The van der Waals surface area contributed by atoms with Crippen molar-refractivity contribution in [3.05, 3.63) is 98.7 Å². The Kier molecular flexibility index (Phi) is 5.42. The number of carbonyl (C=O) groups is 1. The van der Waals surface area contributed by atoms with Gasteiger partial charge in [0.1, 0.15) is 5.82 Å². The molecule has 2 N–H and O–H groups in total. The number of aromatic nitrogens is 2. The normalized spacial score (nSPS) is 13.1. The summed E-state index contributed by atoms with van der Waals surface area (Å²) in [5, 5.41) is 2.92. The molecule has 0 bridgehead atoms.